The van der Waals surface area contributed by atoms with E-state index in [4.69, 9.17) is 21.3 Å². The minimum Gasteiger partial charge on any atom is -0.379 e. The lowest BCUT2D eigenvalue weighted by Crippen LogP contribution is -2.39. The quantitative estimate of drug-likeness (QED) is 0.598. The summed E-state index contributed by atoms with van der Waals surface area (Å²) in [6.45, 7) is 5.21. The number of nitriles is 1. The summed E-state index contributed by atoms with van der Waals surface area (Å²) < 4.78 is 7.53. The lowest BCUT2D eigenvalue weighted by molar-refractivity contribution is 0.0185. The van der Waals surface area contributed by atoms with Crippen molar-refractivity contribution in [1.82, 2.24) is 14.5 Å². The predicted molar refractivity (Wildman–Crippen MR) is 126 cm³/mol. The van der Waals surface area contributed by atoms with Gasteiger partial charge in [0.25, 0.3) is 5.56 Å². The first-order chi connectivity index (χ1) is 16.1. The average Bonchev–Trinajstić information content (AvgIpc) is 3.00. The molecule has 0 amide bonds. The van der Waals surface area contributed by atoms with E-state index in [-0.39, 0.29) is 18.1 Å². The maximum absolute atomic E-state index is 12.6. The summed E-state index contributed by atoms with van der Waals surface area (Å²) in [7, 11) is 0. The van der Waals surface area contributed by atoms with Gasteiger partial charge in [-0.2, -0.15) is 10.2 Å². The van der Waals surface area contributed by atoms with Crippen molar-refractivity contribution in [1.29, 1.82) is 5.26 Å². The van der Waals surface area contributed by atoms with Crippen molar-refractivity contribution in [2.24, 2.45) is 4.99 Å². The maximum atomic E-state index is 12.6. The van der Waals surface area contributed by atoms with E-state index in [0.717, 1.165) is 35.6 Å². The van der Waals surface area contributed by atoms with Gasteiger partial charge in [-0.1, -0.05) is 29.8 Å². The number of rotatable bonds is 3. The molecular formula is C25H22ClN5O2. The van der Waals surface area contributed by atoms with Gasteiger partial charge in [-0.05, 0) is 31.2 Å². The molecule has 0 spiro atoms. The second kappa shape index (κ2) is 8.91. The van der Waals surface area contributed by atoms with Crippen LogP contribution in [0.1, 0.15) is 41.2 Å². The van der Waals surface area contributed by atoms with Crippen molar-refractivity contribution in [3.05, 3.63) is 92.1 Å². The monoisotopic (exact) mass is 459 g/mol. The minimum atomic E-state index is -0.289. The van der Waals surface area contributed by atoms with E-state index in [1.54, 1.807) is 12.1 Å². The van der Waals surface area contributed by atoms with E-state index < -0.39 is 0 Å². The molecule has 0 bridgehead atoms. The molecule has 3 heterocycles. The number of hydrogen-bond acceptors (Lipinski definition) is 6. The highest BCUT2D eigenvalue weighted by molar-refractivity contribution is 6.35. The molecule has 166 valence electrons. The van der Waals surface area contributed by atoms with Crippen molar-refractivity contribution < 1.29 is 4.74 Å². The van der Waals surface area contributed by atoms with Crippen molar-refractivity contribution in [3.63, 3.8) is 0 Å². The number of ether oxygens (including phenoxy) is 1. The number of morpholine rings is 1. The standard InChI is InChI=1S/C25H22ClN5O2/c1-16(30-8-10-33-11-9-30)22-13-24(32)29-23-15-28-25(18-4-2-3-5-20(18)26)19-12-17(14-27)6-7-21(19)31(22)23/h2-7,12-13,16H,8-11,15H2,1H3. The third kappa shape index (κ3) is 3.98. The zero-order chi connectivity index (χ0) is 22.9. The van der Waals surface area contributed by atoms with Crippen molar-refractivity contribution >= 4 is 17.3 Å². The van der Waals surface area contributed by atoms with E-state index in [1.807, 2.05) is 41.0 Å². The Morgan fingerprint density at radius 3 is 2.67 bits per heavy atom. The van der Waals surface area contributed by atoms with E-state index in [2.05, 4.69) is 22.9 Å². The number of halogens is 1. The summed E-state index contributed by atoms with van der Waals surface area (Å²) in [5.74, 6) is 0.561. The summed E-state index contributed by atoms with van der Waals surface area (Å²) in [4.78, 5) is 24.0. The Balaban J connectivity index is 1.75. The summed E-state index contributed by atoms with van der Waals surface area (Å²) in [5, 5.41) is 10.1. The Kier molecular flexibility index (Phi) is 5.81. The molecule has 0 saturated carbocycles. The molecule has 0 aliphatic carbocycles. The zero-order valence-corrected chi connectivity index (χ0v) is 18.9. The number of hydrogen-bond donors (Lipinski definition) is 0. The van der Waals surface area contributed by atoms with E-state index >= 15 is 0 Å². The lowest BCUT2D eigenvalue weighted by atomic mass is 9.98. The van der Waals surface area contributed by atoms with E-state index in [1.165, 1.54) is 0 Å². The van der Waals surface area contributed by atoms with Crippen LogP contribution < -0.4 is 5.56 Å². The van der Waals surface area contributed by atoms with Crippen molar-refractivity contribution in [2.75, 3.05) is 26.3 Å². The molecule has 1 saturated heterocycles. The van der Waals surface area contributed by atoms with E-state index in [9.17, 15) is 10.1 Å². The van der Waals surface area contributed by atoms with Crippen LogP contribution in [0.2, 0.25) is 5.02 Å². The van der Waals surface area contributed by atoms with Crippen LogP contribution in [0.5, 0.6) is 0 Å². The van der Waals surface area contributed by atoms with E-state index in [0.29, 0.717) is 35.3 Å². The molecule has 2 aromatic carbocycles. The summed E-state index contributed by atoms with van der Waals surface area (Å²) in [6.07, 6.45) is 0. The highest BCUT2D eigenvalue weighted by Gasteiger charge is 2.27. The van der Waals surface area contributed by atoms with Crippen LogP contribution in [-0.4, -0.2) is 46.5 Å². The largest absolute Gasteiger partial charge is 0.379 e. The molecule has 1 atom stereocenters. The summed E-state index contributed by atoms with van der Waals surface area (Å²) >= 11 is 6.53. The molecule has 7 nitrogen and oxygen atoms in total. The lowest BCUT2D eigenvalue weighted by Gasteiger charge is -2.34. The first kappa shape index (κ1) is 21.5. The molecule has 2 aliphatic rings. The Hall–Kier alpha value is -3.31. The second-order valence-corrected chi connectivity index (χ2v) is 8.49. The Labute approximate surface area is 196 Å². The van der Waals surface area contributed by atoms with Crippen LogP contribution in [0, 0.1) is 11.3 Å². The van der Waals surface area contributed by atoms with Crippen LogP contribution in [-0.2, 0) is 11.3 Å². The van der Waals surface area contributed by atoms with Crippen LogP contribution in [0.15, 0.2) is 58.3 Å². The SMILES string of the molecule is CC(c1cc(=O)nc2n1-c1ccc(C#N)cc1C(c1ccccc1Cl)=NC2)N1CCOCC1. The number of aliphatic imine (C=N–C) groups is 1. The molecule has 2 aliphatic heterocycles. The highest BCUT2D eigenvalue weighted by atomic mass is 35.5. The van der Waals surface area contributed by atoms with Gasteiger partial charge in [-0.3, -0.25) is 19.3 Å². The normalized spacial score (nSPS) is 16.7. The Morgan fingerprint density at radius 2 is 1.91 bits per heavy atom. The number of fused-ring (bicyclic) bond motifs is 3. The van der Waals surface area contributed by atoms with Gasteiger partial charge in [0.15, 0.2) is 0 Å². The third-order valence-electron chi connectivity index (χ3n) is 6.18. The summed E-state index contributed by atoms with van der Waals surface area (Å²) in [5.41, 5.74) is 4.12. The van der Waals surface area contributed by atoms with Gasteiger partial charge in [0.1, 0.15) is 5.82 Å². The molecule has 33 heavy (non-hydrogen) atoms. The third-order valence-corrected chi connectivity index (χ3v) is 6.51. The van der Waals surface area contributed by atoms with Crippen molar-refractivity contribution in [2.45, 2.75) is 19.5 Å². The molecule has 5 rings (SSSR count). The topological polar surface area (TPSA) is 83.5 Å². The zero-order valence-electron chi connectivity index (χ0n) is 18.2. The van der Waals surface area contributed by atoms with Gasteiger partial charge in [0.05, 0.1) is 42.8 Å². The Bertz CT molecular complexity index is 1350. The number of benzene rings is 2. The highest BCUT2D eigenvalue weighted by Crippen LogP contribution is 2.31. The second-order valence-electron chi connectivity index (χ2n) is 8.08. The average molecular weight is 460 g/mol. The first-order valence-electron chi connectivity index (χ1n) is 10.9. The Morgan fingerprint density at radius 1 is 1.12 bits per heavy atom. The van der Waals surface area contributed by atoms with Gasteiger partial charge in [-0.25, -0.2) is 0 Å². The molecule has 0 N–H and O–H groups in total. The van der Waals surface area contributed by atoms with Gasteiger partial charge < -0.3 is 4.74 Å². The summed E-state index contributed by atoms with van der Waals surface area (Å²) in [6, 6.07) is 16.8. The molecular weight excluding hydrogens is 438 g/mol. The van der Waals surface area contributed by atoms with Crippen LogP contribution >= 0.6 is 11.6 Å². The molecule has 0 radical (unpaired) electrons. The van der Waals surface area contributed by atoms with Crippen molar-refractivity contribution in [3.8, 4) is 11.8 Å². The smallest absolute Gasteiger partial charge is 0.273 e. The fourth-order valence-corrected chi connectivity index (χ4v) is 4.73. The predicted octanol–water partition coefficient (Wildman–Crippen LogP) is 3.50. The van der Waals surface area contributed by atoms with Gasteiger partial charge in [0, 0.05) is 47.0 Å². The first-order valence-corrected chi connectivity index (χ1v) is 11.2. The molecule has 1 fully saturated rings. The van der Waals surface area contributed by atoms with Gasteiger partial charge >= 0.3 is 0 Å². The molecule has 8 heteroatoms. The van der Waals surface area contributed by atoms with Crippen LogP contribution in [0.4, 0.5) is 0 Å². The van der Waals surface area contributed by atoms with Crippen LogP contribution in [0.25, 0.3) is 5.69 Å². The minimum absolute atomic E-state index is 0.0336. The number of aromatic nitrogens is 2. The van der Waals surface area contributed by atoms with Gasteiger partial charge in [0.2, 0.25) is 0 Å². The maximum Gasteiger partial charge on any atom is 0.273 e. The fraction of sp³-hybridized carbons (Fsp3) is 0.280. The molecule has 1 aromatic heterocycles. The van der Waals surface area contributed by atoms with Gasteiger partial charge in [-0.15, -0.1) is 0 Å². The number of nitrogens with zero attached hydrogens (tertiary/aromatic N) is 5. The molecule has 1 unspecified atom stereocenters. The van der Waals surface area contributed by atoms with Crippen LogP contribution in [0.3, 0.4) is 0 Å². The molecule has 3 aromatic rings. The fourth-order valence-electron chi connectivity index (χ4n) is 4.50.